The first-order chi connectivity index (χ1) is 16.5. The van der Waals surface area contributed by atoms with Gasteiger partial charge in [0, 0.05) is 18.0 Å². The standard InChI is InChI=1S/C25H38F3N5O3/c1-23(2,3)19(30-13-25(26,27)28)22(36)33-12-14-7-6-8-17(14)18(33)21(35)31-16(11-29)9-15-10-24(4,5)32-20(15)34/h14-19,30H,6-10,12-13H2,1-5H3,(H,31,35)(H,32,34)/t14-,15+,16-,17-,18-,19+/m0/s1. The molecule has 0 aromatic rings. The van der Waals surface area contributed by atoms with Crippen LogP contribution >= 0.6 is 0 Å². The molecule has 0 bridgehead atoms. The number of fused-ring (bicyclic) bond motifs is 1. The van der Waals surface area contributed by atoms with Crippen LogP contribution in [-0.4, -0.2) is 65.6 Å². The minimum absolute atomic E-state index is 0.0925. The lowest BCUT2D eigenvalue weighted by molar-refractivity contribution is -0.147. The van der Waals surface area contributed by atoms with E-state index in [-0.39, 0.29) is 29.7 Å². The van der Waals surface area contributed by atoms with E-state index in [2.05, 4.69) is 22.0 Å². The number of nitriles is 1. The Bertz CT molecular complexity index is 908. The summed E-state index contributed by atoms with van der Waals surface area (Å²) in [6.45, 7) is 7.84. The van der Waals surface area contributed by atoms with Gasteiger partial charge in [-0.3, -0.25) is 19.7 Å². The molecule has 2 aliphatic heterocycles. The van der Waals surface area contributed by atoms with Gasteiger partial charge in [0.25, 0.3) is 0 Å². The number of alkyl halides is 3. The van der Waals surface area contributed by atoms with Crippen LogP contribution < -0.4 is 16.0 Å². The first-order valence-electron chi connectivity index (χ1n) is 12.6. The van der Waals surface area contributed by atoms with Gasteiger partial charge in [0.2, 0.25) is 17.7 Å². The Morgan fingerprint density at radius 3 is 2.44 bits per heavy atom. The zero-order valence-corrected chi connectivity index (χ0v) is 21.7. The van der Waals surface area contributed by atoms with Crippen molar-refractivity contribution in [2.24, 2.45) is 23.2 Å². The summed E-state index contributed by atoms with van der Waals surface area (Å²) in [4.78, 5) is 40.8. The molecule has 1 aliphatic carbocycles. The largest absolute Gasteiger partial charge is 0.401 e. The Balaban J connectivity index is 1.77. The third kappa shape index (κ3) is 6.50. The molecule has 3 rings (SSSR count). The van der Waals surface area contributed by atoms with E-state index in [0.29, 0.717) is 13.0 Å². The number of hydrogen-bond acceptors (Lipinski definition) is 5. The van der Waals surface area contributed by atoms with Crippen molar-refractivity contribution in [1.29, 1.82) is 5.26 Å². The molecule has 11 heteroatoms. The molecule has 36 heavy (non-hydrogen) atoms. The van der Waals surface area contributed by atoms with Gasteiger partial charge in [-0.15, -0.1) is 0 Å². The van der Waals surface area contributed by atoms with Crippen molar-refractivity contribution in [1.82, 2.24) is 20.9 Å². The van der Waals surface area contributed by atoms with Gasteiger partial charge in [0.1, 0.15) is 12.1 Å². The minimum Gasteiger partial charge on any atom is -0.351 e. The molecule has 3 N–H and O–H groups in total. The van der Waals surface area contributed by atoms with E-state index >= 15 is 0 Å². The quantitative estimate of drug-likeness (QED) is 0.484. The second-order valence-corrected chi connectivity index (χ2v) is 12.3. The Kier molecular flexibility index (Phi) is 7.99. The summed E-state index contributed by atoms with van der Waals surface area (Å²) in [6, 6.07) is -0.838. The SMILES string of the molecule is CC1(C)C[C@@H](C[C@@H](C#N)NC(=O)[C@@H]2[C@H]3CCC[C@H]3CN2C(=O)[C@@H](NCC(F)(F)F)C(C)(C)C)C(=O)N1. The topological polar surface area (TPSA) is 114 Å². The maximum absolute atomic E-state index is 13.6. The van der Waals surface area contributed by atoms with Gasteiger partial charge < -0.3 is 15.5 Å². The Morgan fingerprint density at radius 1 is 1.25 bits per heavy atom. The highest BCUT2D eigenvalue weighted by Crippen LogP contribution is 2.43. The fraction of sp³-hybridized carbons (Fsp3) is 0.840. The summed E-state index contributed by atoms with van der Waals surface area (Å²) in [5.41, 5.74) is -1.21. The molecule has 2 saturated heterocycles. The molecule has 1 saturated carbocycles. The van der Waals surface area contributed by atoms with Crippen LogP contribution in [0.1, 0.15) is 66.7 Å². The number of carbonyl (C=O) groups excluding carboxylic acids is 3. The summed E-state index contributed by atoms with van der Waals surface area (Å²) in [6.07, 6.45) is -1.30. The van der Waals surface area contributed by atoms with E-state index in [1.165, 1.54) is 4.90 Å². The molecule has 0 unspecified atom stereocenters. The molecule has 3 fully saturated rings. The predicted molar refractivity (Wildman–Crippen MR) is 126 cm³/mol. The molecule has 3 amide bonds. The number of hydrogen-bond donors (Lipinski definition) is 3. The molecule has 0 radical (unpaired) electrons. The summed E-state index contributed by atoms with van der Waals surface area (Å²) >= 11 is 0. The normalized spacial score (nSPS) is 29.3. The van der Waals surface area contributed by atoms with Crippen LogP contribution in [0, 0.1) is 34.5 Å². The number of amides is 3. The monoisotopic (exact) mass is 513 g/mol. The lowest BCUT2D eigenvalue weighted by Crippen LogP contribution is -2.59. The smallest absolute Gasteiger partial charge is 0.351 e. The highest BCUT2D eigenvalue weighted by molar-refractivity contribution is 5.91. The van der Waals surface area contributed by atoms with Gasteiger partial charge in [-0.25, -0.2) is 0 Å². The summed E-state index contributed by atoms with van der Waals surface area (Å²) < 4.78 is 38.9. The molecular formula is C25H38F3N5O3. The first-order valence-corrected chi connectivity index (χ1v) is 12.6. The van der Waals surface area contributed by atoms with Gasteiger partial charge in [0.05, 0.1) is 18.7 Å². The van der Waals surface area contributed by atoms with E-state index in [9.17, 15) is 32.8 Å². The van der Waals surface area contributed by atoms with E-state index in [1.807, 2.05) is 13.8 Å². The molecule has 3 aliphatic rings. The second-order valence-electron chi connectivity index (χ2n) is 12.3. The summed E-state index contributed by atoms with van der Waals surface area (Å²) in [5.74, 6) is -1.61. The molecule has 0 aromatic heterocycles. The zero-order chi connectivity index (χ0) is 27.1. The van der Waals surface area contributed by atoms with Crippen LogP contribution in [0.15, 0.2) is 0 Å². The Hall–Kier alpha value is -2.35. The number of halogens is 3. The second kappa shape index (κ2) is 10.2. The summed E-state index contributed by atoms with van der Waals surface area (Å²) in [7, 11) is 0. The third-order valence-electron chi connectivity index (χ3n) is 7.64. The van der Waals surface area contributed by atoms with E-state index < -0.39 is 54.0 Å². The van der Waals surface area contributed by atoms with Crippen molar-refractivity contribution in [2.75, 3.05) is 13.1 Å². The molecule has 0 spiro atoms. The number of nitrogens with zero attached hydrogens (tertiary/aromatic N) is 2. The Labute approximate surface area is 210 Å². The average Bonchev–Trinajstić information content (AvgIpc) is 3.37. The average molecular weight is 514 g/mol. The molecule has 8 nitrogen and oxygen atoms in total. The molecule has 2 heterocycles. The Morgan fingerprint density at radius 2 is 1.92 bits per heavy atom. The lowest BCUT2D eigenvalue weighted by atomic mass is 9.85. The van der Waals surface area contributed by atoms with Crippen molar-refractivity contribution >= 4 is 17.7 Å². The van der Waals surface area contributed by atoms with Crippen molar-refractivity contribution in [3.63, 3.8) is 0 Å². The minimum atomic E-state index is -4.48. The predicted octanol–water partition coefficient (Wildman–Crippen LogP) is 2.49. The van der Waals surface area contributed by atoms with Crippen molar-refractivity contribution in [2.45, 2.75) is 96.6 Å². The lowest BCUT2D eigenvalue weighted by Gasteiger charge is -2.36. The van der Waals surface area contributed by atoms with Crippen LogP contribution in [0.25, 0.3) is 0 Å². The fourth-order valence-corrected chi connectivity index (χ4v) is 6.09. The first kappa shape index (κ1) is 28.2. The zero-order valence-electron chi connectivity index (χ0n) is 21.7. The van der Waals surface area contributed by atoms with Gasteiger partial charge in [-0.1, -0.05) is 27.2 Å². The number of rotatable bonds is 7. The van der Waals surface area contributed by atoms with E-state index in [0.717, 1.165) is 19.3 Å². The third-order valence-corrected chi connectivity index (χ3v) is 7.64. The number of carbonyl (C=O) groups is 3. The van der Waals surface area contributed by atoms with Crippen molar-refractivity contribution < 1.29 is 27.6 Å². The maximum Gasteiger partial charge on any atom is 0.401 e. The van der Waals surface area contributed by atoms with Crippen LogP contribution in [0.2, 0.25) is 0 Å². The van der Waals surface area contributed by atoms with Crippen molar-refractivity contribution in [3.8, 4) is 6.07 Å². The molecule has 0 aromatic carbocycles. The molecular weight excluding hydrogens is 475 g/mol. The van der Waals surface area contributed by atoms with Gasteiger partial charge in [-0.05, 0) is 56.8 Å². The van der Waals surface area contributed by atoms with E-state index in [1.54, 1.807) is 20.8 Å². The van der Waals surface area contributed by atoms with Crippen LogP contribution in [0.3, 0.4) is 0 Å². The van der Waals surface area contributed by atoms with Crippen LogP contribution in [-0.2, 0) is 14.4 Å². The van der Waals surface area contributed by atoms with Crippen LogP contribution in [0.5, 0.6) is 0 Å². The molecule has 6 atom stereocenters. The fourth-order valence-electron chi connectivity index (χ4n) is 6.09. The van der Waals surface area contributed by atoms with Gasteiger partial charge in [0.15, 0.2) is 0 Å². The van der Waals surface area contributed by atoms with Crippen molar-refractivity contribution in [3.05, 3.63) is 0 Å². The maximum atomic E-state index is 13.6. The summed E-state index contributed by atoms with van der Waals surface area (Å²) in [5, 5.41) is 17.7. The molecule has 202 valence electrons. The highest BCUT2D eigenvalue weighted by atomic mass is 19.4. The van der Waals surface area contributed by atoms with Gasteiger partial charge in [-0.2, -0.15) is 18.4 Å². The van der Waals surface area contributed by atoms with Gasteiger partial charge >= 0.3 is 6.18 Å². The van der Waals surface area contributed by atoms with Crippen LogP contribution in [0.4, 0.5) is 13.2 Å². The van der Waals surface area contributed by atoms with E-state index in [4.69, 9.17) is 0 Å². The highest BCUT2D eigenvalue weighted by Gasteiger charge is 2.52. The number of nitrogens with one attached hydrogen (secondary N) is 3. The number of likely N-dealkylation sites (tertiary alicyclic amines) is 1.